The Morgan fingerprint density at radius 3 is 2.62 bits per heavy atom. The molecule has 0 aromatic heterocycles. The van der Waals surface area contributed by atoms with Crippen molar-refractivity contribution in [3.05, 3.63) is 59.1 Å². The standard InChI is InChI=1S/C25H33BF2N4O5/c1-24(2,32-10-9-25(27,28)17-32)15-20(29-3)23(34)31-11-12-37-19(16-31)14-22(33)30-21(26(35)36)13-18-7-5-4-6-8-18/h4-8,15,19,21,35-36H,9-14,16-17H2,1-2H3,(H,30,33)/t19-,21+/m1/s1. The molecular weight excluding hydrogens is 485 g/mol. The van der Waals surface area contributed by atoms with Gasteiger partial charge in [-0.25, -0.2) is 13.6 Å². The normalized spacial score (nSPS) is 21.3. The number of carbonyl (C=O) groups excluding carboxylic acids is 2. The summed E-state index contributed by atoms with van der Waals surface area (Å²) >= 11 is 0. The predicted molar refractivity (Wildman–Crippen MR) is 133 cm³/mol. The molecular formula is C25H33BF2N4O5. The molecule has 2 atom stereocenters. The van der Waals surface area contributed by atoms with E-state index in [0.29, 0.717) is 0 Å². The minimum absolute atomic E-state index is 0.0619. The molecule has 1 aromatic rings. The van der Waals surface area contributed by atoms with Crippen LogP contribution in [-0.4, -0.2) is 95.1 Å². The zero-order valence-electron chi connectivity index (χ0n) is 21.1. The maximum absolute atomic E-state index is 13.7. The van der Waals surface area contributed by atoms with Crippen LogP contribution in [0.5, 0.6) is 0 Å². The number of likely N-dealkylation sites (tertiary alicyclic amines) is 1. The first-order valence-electron chi connectivity index (χ1n) is 12.2. The van der Waals surface area contributed by atoms with E-state index in [2.05, 4.69) is 10.2 Å². The van der Waals surface area contributed by atoms with Gasteiger partial charge in [0.2, 0.25) is 11.6 Å². The molecule has 0 unspecified atom stereocenters. The second-order valence-electron chi connectivity index (χ2n) is 10.0. The number of nitrogens with zero attached hydrogens (tertiary/aromatic N) is 3. The zero-order chi connectivity index (χ0) is 27.2. The SMILES string of the molecule is [C-]#[N+]C(=CC(C)(C)N1CCC(F)(F)C1)C(=O)N1CCO[C@H](CC(=O)N[C@@H](Cc2ccccc2)B(O)O)C1. The van der Waals surface area contributed by atoms with E-state index in [9.17, 15) is 28.4 Å². The van der Waals surface area contributed by atoms with Gasteiger partial charge in [0.15, 0.2) is 0 Å². The summed E-state index contributed by atoms with van der Waals surface area (Å²) in [5, 5.41) is 22.0. The molecule has 37 heavy (non-hydrogen) atoms. The fourth-order valence-corrected chi connectivity index (χ4v) is 4.56. The molecule has 0 radical (unpaired) electrons. The van der Waals surface area contributed by atoms with Crippen LogP contribution in [0.2, 0.25) is 0 Å². The van der Waals surface area contributed by atoms with Crippen LogP contribution < -0.4 is 5.32 Å². The number of alkyl halides is 2. The Kier molecular flexibility index (Phi) is 9.42. The fourth-order valence-electron chi connectivity index (χ4n) is 4.56. The van der Waals surface area contributed by atoms with Gasteiger partial charge in [0.05, 0.1) is 38.2 Å². The van der Waals surface area contributed by atoms with E-state index in [1.807, 2.05) is 30.3 Å². The quantitative estimate of drug-likeness (QED) is 0.258. The second kappa shape index (κ2) is 12.1. The highest BCUT2D eigenvalue weighted by Gasteiger charge is 2.43. The summed E-state index contributed by atoms with van der Waals surface area (Å²) in [4.78, 5) is 32.1. The van der Waals surface area contributed by atoms with Gasteiger partial charge in [0, 0.05) is 31.6 Å². The van der Waals surface area contributed by atoms with Crippen LogP contribution >= 0.6 is 0 Å². The monoisotopic (exact) mass is 518 g/mol. The molecule has 3 N–H and O–H groups in total. The minimum Gasteiger partial charge on any atom is -0.426 e. The Hall–Kier alpha value is -2.85. The Morgan fingerprint density at radius 2 is 2.03 bits per heavy atom. The number of nitrogens with one attached hydrogen (secondary N) is 1. The van der Waals surface area contributed by atoms with Gasteiger partial charge < -0.3 is 25.0 Å². The lowest BCUT2D eigenvalue weighted by atomic mass is 9.76. The van der Waals surface area contributed by atoms with Gasteiger partial charge in [-0.15, -0.1) is 0 Å². The van der Waals surface area contributed by atoms with Crippen molar-refractivity contribution >= 4 is 18.9 Å². The van der Waals surface area contributed by atoms with Gasteiger partial charge in [0.25, 0.3) is 11.8 Å². The van der Waals surface area contributed by atoms with E-state index in [1.165, 1.54) is 11.0 Å². The van der Waals surface area contributed by atoms with Crippen LogP contribution in [0, 0.1) is 6.57 Å². The average molecular weight is 518 g/mol. The van der Waals surface area contributed by atoms with Crippen molar-refractivity contribution in [1.29, 1.82) is 0 Å². The summed E-state index contributed by atoms with van der Waals surface area (Å²) in [7, 11) is -1.76. The van der Waals surface area contributed by atoms with Crippen molar-refractivity contribution in [2.24, 2.45) is 0 Å². The summed E-state index contributed by atoms with van der Waals surface area (Å²) in [6.07, 6.45) is 0.616. The molecule has 1 aromatic carbocycles. The molecule has 0 aliphatic carbocycles. The van der Waals surface area contributed by atoms with Gasteiger partial charge >= 0.3 is 7.12 Å². The molecule has 2 fully saturated rings. The smallest absolute Gasteiger partial charge is 0.426 e. The number of morpholine rings is 1. The van der Waals surface area contributed by atoms with Crippen molar-refractivity contribution in [1.82, 2.24) is 15.1 Å². The van der Waals surface area contributed by atoms with E-state index in [4.69, 9.17) is 11.3 Å². The van der Waals surface area contributed by atoms with Gasteiger partial charge in [-0.05, 0) is 25.8 Å². The van der Waals surface area contributed by atoms with Gasteiger partial charge in [0.1, 0.15) is 0 Å². The van der Waals surface area contributed by atoms with Crippen LogP contribution in [0.4, 0.5) is 8.78 Å². The molecule has 2 amide bonds. The Bertz CT molecular complexity index is 1030. The molecule has 12 heteroatoms. The van der Waals surface area contributed by atoms with Crippen LogP contribution in [0.1, 0.15) is 32.3 Å². The molecule has 2 aliphatic rings. The van der Waals surface area contributed by atoms with Crippen molar-refractivity contribution < 1.29 is 33.2 Å². The second-order valence-corrected chi connectivity index (χ2v) is 10.0. The number of ether oxygens (including phenoxy) is 1. The molecule has 2 saturated heterocycles. The zero-order valence-corrected chi connectivity index (χ0v) is 21.1. The van der Waals surface area contributed by atoms with Crippen LogP contribution in [0.25, 0.3) is 4.85 Å². The van der Waals surface area contributed by atoms with Crippen molar-refractivity contribution in [3.63, 3.8) is 0 Å². The van der Waals surface area contributed by atoms with Crippen LogP contribution in [-0.2, 0) is 20.7 Å². The molecule has 2 heterocycles. The summed E-state index contributed by atoms with van der Waals surface area (Å²) < 4.78 is 33.0. The van der Waals surface area contributed by atoms with E-state index in [1.54, 1.807) is 18.7 Å². The summed E-state index contributed by atoms with van der Waals surface area (Å²) in [6.45, 7) is 11.1. The van der Waals surface area contributed by atoms with Crippen molar-refractivity contribution in [3.8, 4) is 0 Å². The summed E-state index contributed by atoms with van der Waals surface area (Å²) in [5.41, 5.74) is -0.262. The first-order chi connectivity index (χ1) is 17.4. The highest BCUT2D eigenvalue weighted by molar-refractivity contribution is 6.43. The third kappa shape index (κ3) is 8.07. The maximum Gasteiger partial charge on any atom is 0.475 e. The molecule has 0 spiro atoms. The third-order valence-electron chi connectivity index (χ3n) is 6.66. The van der Waals surface area contributed by atoms with Gasteiger partial charge in [-0.2, -0.15) is 0 Å². The van der Waals surface area contributed by atoms with Crippen molar-refractivity contribution in [2.45, 2.75) is 56.6 Å². The Balaban J connectivity index is 1.59. The first-order valence-corrected chi connectivity index (χ1v) is 12.2. The molecule has 3 rings (SSSR count). The number of hydrogen-bond acceptors (Lipinski definition) is 6. The number of carbonyl (C=O) groups is 2. The average Bonchev–Trinajstić information content (AvgIpc) is 3.23. The van der Waals surface area contributed by atoms with Gasteiger partial charge in [-0.3, -0.25) is 14.5 Å². The highest BCUT2D eigenvalue weighted by atomic mass is 19.3. The number of amides is 2. The topological polar surface area (TPSA) is 107 Å². The largest absolute Gasteiger partial charge is 0.475 e. The molecule has 0 saturated carbocycles. The van der Waals surface area contributed by atoms with Gasteiger partial charge in [-0.1, -0.05) is 36.4 Å². The van der Waals surface area contributed by atoms with E-state index in [-0.39, 0.29) is 51.2 Å². The first kappa shape index (κ1) is 28.7. The van der Waals surface area contributed by atoms with Crippen LogP contribution in [0.3, 0.4) is 0 Å². The molecule has 0 bridgehead atoms. The third-order valence-corrected chi connectivity index (χ3v) is 6.66. The summed E-state index contributed by atoms with van der Waals surface area (Å²) in [6, 6.07) is 9.09. The number of halogens is 2. The number of rotatable bonds is 9. The lowest BCUT2D eigenvalue weighted by Crippen LogP contribution is -2.51. The predicted octanol–water partition coefficient (Wildman–Crippen LogP) is 1.27. The number of benzene rings is 1. The van der Waals surface area contributed by atoms with E-state index in [0.717, 1.165) is 5.56 Å². The Labute approximate surface area is 216 Å². The summed E-state index contributed by atoms with van der Waals surface area (Å²) in [5.74, 6) is -4.73. The van der Waals surface area contributed by atoms with E-state index >= 15 is 0 Å². The van der Waals surface area contributed by atoms with Crippen molar-refractivity contribution in [2.75, 3.05) is 32.8 Å². The maximum atomic E-state index is 13.7. The minimum atomic E-state index is -2.79. The van der Waals surface area contributed by atoms with Crippen LogP contribution in [0.15, 0.2) is 42.1 Å². The number of hydrogen-bond donors (Lipinski definition) is 3. The fraction of sp³-hybridized carbons (Fsp3) is 0.560. The highest BCUT2D eigenvalue weighted by Crippen LogP contribution is 2.33. The van der Waals surface area contributed by atoms with E-state index < -0.39 is 49.0 Å². The molecule has 200 valence electrons. The lowest BCUT2D eigenvalue weighted by Gasteiger charge is -2.35. The molecule has 9 nitrogen and oxygen atoms in total. The molecule has 2 aliphatic heterocycles. The lowest BCUT2D eigenvalue weighted by molar-refractivity contribution is -0.138. The Morgan fingerprint density at radius 1 is 1.32 bits per heavy atom.